The van der Waals surface area contributed by atoms with E-state index < -0.39 is 5.60 Å². The van der Waals surface area contributed by atoms with E-state index >= 15 is 0 Å². The normalized spacial score (nSPS) is 16.3. The van der Waals surface area contributed by atoms with Gasteiger partial charge in [-0.3, -0.25) is 19.6 Å². The van der Waals surface area contributed by atoms with Crippen LogP contribution in [0.25, 0.3) is 22.6 Å². The van der Waals surface area contributed by atoms with Crippen LogP contribution in [0.15, 0.2) is 58.1 Å². The monoisotopic (exact) mass is 734 g/mol. The van der Waals surface area contributed by atoms with E-state index in [4.69, 9.17) is 23.3 Å². The first kappa shape index (κ1) is 38.7. The standard InChI is InChI=1S/C21H27N3O6.C16H19N3O4/c1-21(2,3)29-20(26)24-8-7-16(24)13-28-17-9-14(11-22-12-17)18-10-15(23-30-18)5-6-19(25)27-4;1-21-16(20)3-2-12-7-15(23-19-12)11-6-14(9-17-8-11)22-10-13-4-5-18-13/h9-12,16H,5-8,13H2,1-4H3;6-9,13,18H,2-5,10H2,1H3/t16-;13-/m00/s1. The van der Waals surface area contributed by atoms with E-state index in [9.17, 15) is 14.4 Å². The van der Waals surface area contributed by atoms with Crippen molar-refractivity contribution in [3.63, 3.8) is 0 Å². The van der Waals surface area contributed by atoms with E-state index in [0.717, 1.165) is 24.9 Å². The summed E-state index contributed by atoms with van der Waals surface area (Å²) in [5.41, 5.74) is 2.34. The molecule has 1 amide bonds. The number of hydrogen-bond donors (Lipinski definition) is 1. The van der Waals surface area contributed by atoms with Gasteiger partial charge in [0.1, 0.15) is 30.3 Å². The summed E-state index contributed by atoms with van der Waals surface area (Å²) < 4.78 is 36.9. The van der Waals surface area contributed by atoms with Crippen LogP contribution in [0.3, 0.4) is 0 Å². The third kappa shape index (κ3) is 11.8. The molecule has 0 radical (unpaired) electrons. The van der Waals surface area contributed by atoms with Gasteiger partial charge in [0.2, 0.25) is 0 Å². The second-order valence-corrected chi connectivity index (χ2v) is 13.5. The van der Waals surface area contributed by atoms with Crippen LogP contribution in [-0.4, -0.2) is 101 Å². The molecule has 2 aliphatic heterocycles. The highest BCUT2D eigenvalue weighted by Gasteiger charge is 2.35. The van der Waals surface area contributed by atoms with Crippen LogP contribution in [0.1, 0.15) is 57.8 Å². The maximum Gasteiger partial charge on any atom is 0.410 e. The number of nitrogens with one attached hydrogen (secondary N) is 1. The van der Waals surface area contributed by atoms with Gasteiger partial charge in [0.15, 0.2) is 11.5 Å². The maximum absolute atomic E-state index is 12.2. The Labute approximate surface area is 307 Å². The average Bonchev–Trinajstić information content (AvgIpc) is 3.79. The molecule has 53 heavy (non-hydrogen) atoms. The van der Waals surface area contributed by atoms with Gasteiger partial charge >= 0.3 is 18.0 Å². The first-order valence-electron chi connectivity index (χ1n) is 17.4. The van der Waals surface area contributed by atoms with Crippen LogP contribution in [0.2, 0.25) is 0 Å². The number of ether oxygens (including phenoxy) is 5. The third-order valence-electron chi connectivity index (χ3n) is 8.33. The molecule has 0 unspecified atom stereocenters. The zero-order valence-electron chi connectivity index (χ0n) is 30.7. The molecule has 6 rings (SSSR count). The number of hydrogen-bond acceptors (Lipinski definition) is 15. The zero-order chi connectivity index (χ0) is 37.8. The van der Waals surface area contributed by atoms with Crippen LogP contribution in [0.5, 0.6) is 11.5 Å². The van der Waals surface area contributed by atoms with Crippen LogP contribution in [0.4, 0.5) is 4.79 Å². The molecule has 0 spiro atoms. The van der Waals surface area contributed by atoms with Gasteiger partial charge in [-0.1, -0.05) is 10.3 Å². The van der Waals surface area contributed by atoms with Gasteiger partial charge in [-0.15, -0.1) is 0 Å². The molecule has 2 atom stereocenters. The number of aromatic nitrogens is 4. The summed E-state index contributed by atoms with van der Waals surface area (Å²) in [5.74, 6) is 1.83. The molecule has 0 saturated carbocycles. The first-order chi connectivity index (χ1) is 25.5. The summed E-state index contributed by atoms with van der Waals surface area (Å²) in [5, 5.41) is 11.2. The SMILES string of the molecule is COC(=O)CCc1cc(-c2cncc(OC[C@@H]3CCN3)c2)on1.COC(=O)CCc1cc(-c2cncc(OC[C@@H]3CCN3C(=O)OC(C)(C)C)c2)on1. The molecule has 2 fully saturated rings. The lowest BCUT2D eigenvalue weighted by Gasteiger charge is -2.40. The molecule has 16 nitrogen and oxygen atoms in total. The first-order valence-corrected chi connectivity index (χ1v) is 17.4. The largest absolute Gasteiger partial charge is 0.490 e. The van der Waals surface area contributed by atoms with E-state index in [0.29, 0.717) is 78.6 Å². The minimum atomic E-state index is -0.525. The number of rotatable bonds is 14. The van der Waals surface area contributed by atoms with Crippen molar-refractivity contribution in [2.75, 3.05) is 40.5 Å². The highest BCUT2D eigenvalue weighted by molar-refractivity contribution is 5.70. The molecule has 4 aromatic rings. The van der Waals surface area contributed by atoms with E-state index in [-0.39, 0.29) is 36.9 Å². The minimum Gasteiger partial charge on any atom is -0.490 e. The Bertz CT molecular complexity index is 1810. The van der Waals surface area contributed by atoms with Gasteiger partial charge in [-0.25, -0.2) is 4.79 Å². The molecule has 0 bridgehead atoms. The molecule has 0 aliphatic carbocycles. The number of likely N-dealkylation sites (tertiary alicyclic amines) is 1. The lowest BCUT2D eigenvalue weighted by Crippen LogP contribution is -2.55. The van der Waals surface area contributed by atoms with Crippen LogP contribution in [0, 0.1) is 0 Å². The second-order valence-electron chi connectivity index (χ2n) is 13.5. The van der Waals surface area contributed by atoms with Crippen molar-refractivity contribution in [1.29, 1.82) is 0 Å². The molecule has 2 aliphatic rings. The summed E-state index contributed by atoms with van der Waals surface area (Å²) in [7, 11) is 2.72. The minimum absolute atomic E-state index is 0.0290. The Balaban J connectivity index is 0.000000211. The number of methoxy groups -OCH3 is 2. The maximum atomic E-state index is 12.2. The molecule has 4 aromatic heterocycles. The van der Waals surface area contributed by atoms with E-state index in [1.165, 1.54) is 14.2 Å². The summed E-state index contributed by atoms with van der Waals surface area (Å²) in [6.07, 6.45) is 9.72. The molecule has 284 valence electrons. The Morgan fingerprint density at radius 3 is 1.75 bits per heavy atom. The number of pyridine rings is 2. The van der Waals surface area contributed by atoms with E-state index in [2.05, 4.69) is 35.1 Å². The van der Waals surface area contributed by atoms with Gasteiger partial charge in [-0.2, -0.15) is 0 Å². The van der Waals surface area contributed by atoms with Crippen molar-refractivity contribution in [2.45, 2.75) is 77.0 Å². The molecule has 1 N–H and O–H groups in total. The summed E-state index contributed by atoms with van der Waals surface area (Å²) in [6.45, 7) is 8.23. The Morgan fingerprint density at radius 2 is 1.32 bits per heavy atom. The van der Waals surface area contributed by atoms with Crippen molar-refractivity contribution in [3.8, 4) is 34.1 Å². The molecular formula is C37H46N6O10. The summed E-state index contributed by atoms with van der Waals surface area (Å²) in [6, 6.07) is 7.63. The fraction of sp³-hybridized carbons (Fsp3) is 0.486. The molecule has 16 heteroatoms. The van der Waals surface area contributed by atoms with Gasteiger partial charge in [0, 0.05) is 61.1 Å². The van der Waals surface area contributed by atoms with Gasteiger partial charge in [0.25, 0.3) is 0 Å². The smallest absolute Gasteiger partial charge is 0.410 e. The fourth-order valence-corrected chi connectivity index (χ4v) is 5.12. The van der Waals surface area contributed by atoms with E-state index in [1.54, 1.807) is 47.9 Å². The van der Waals surface area contributed by atoms with Crippen LogP contribution >= 0.6 is 0 Å². The number of aryl methyl sites for hydroxylation is 2. The fourth-order valence-electron chi connectivity index (χ4n) is 5.12. The molecule has 6 heterocycles. The predicted molar refractivity (Wildman–Crippen MR) is 189 cm³/mol. The van der Waals surface area contributed by atoms with Crippen molar-refractivity contribution in [1.82, 2.24) is 30.5 Å². The number of carbonyl (C=O) groups is 3. The van der Waals surface area contributed by atoms with Crippen molar-refractivity contribution in [2.24, 2.45) is 0 Å². The number of nitrogens with zero attached hydrogens (tertiary/aromatic N) is 5. The summed E-state index contributed by atoms with van der Waals surface area (Å²) >= 11 is 0. The highest BCUT2D eigenvalue weighted by Crippen LogP contribution is 2.27. The van der Waals surface area contributed by atoms with Crippen molar-refractivity contribution >= 4 is 18.0 Å². The van der Waals surface area contributed by atoms with Crippen molar-refractivity contribution < 1.29 is 47.1 Å². The highest BCUT2D eigenvalue weighted by atomic mass is 16.6. The average molecular weight is 735 g/mol. The number of esters is 2. The Hall–Kier alpha value is -5.51. The quantitative estimate of drug-likeness (QED) is 0.137. The molecule has 0 aromatic carbocycles. The third-order valence-corrected chi connectivity index (χ3v) is 8.33. The predicted octanol–water partition coefficient (Wildman–Crippen LogP) is 4.81. The Morgan fingerprint density at radius 1 is 0.792 bits per heavy atom. The lowest BCUT2D eigenvalue weighted by molar-refractivity contribution is -0.141. The summed E-state index contributed by atoms with van der Waals surface area (Å²) in [4.78, 5) is 44.6. The van der Waals surface area contributed by atoms with Gasteiger partial charge < -0.3 is 42.9 Å². The van der Waals surface area contributed by atoms with Gasteiger partial charge in [0.05, 0.1) is 56.9 Å². The molecular weight excluding hydrogens is 688 g/mol. The number of carbonyl (C=O) groups excluding carboxylic acids is 3. The van der Waals surface area contributed by atoms with Crippen LogP contribution in [-0.2, 0) is 36.6 Å². The molecule has 2 saturated heterocycles. The van der Waals surface area contributed by atoms with E-state index in [1.807, 2.05) is 26.8 Å². The number of amides is 1. The topological polar surface area (TPSA) is 190 Å². The zero-order valence-corrected chi connectivity index (χ0v) is 30.7. The Kier molecular flexibility index (Phi) is 13.4. The van der Waals surface area contributed by atoms with Crippen molar-refractivity contribution in [3.05, 3.63) is 60.4 Å². The lowest BCUT2D eigenvalue weighted by atomic mass is 10.1. The van der Waals surface area contributed by atoms with Gasteiger partial charge in [-0.05, 0) is 52.3 Å². The second kappa shape index (κ2) is 18.3. The van der Waals surface area contributed by atoms with Crippen LogP contribution < -0.4 is 14.8 Å².